The van der Waals surface area contributed by atoms with Gasteiger partial charge in [0.2, 0.25) is 0 Å². The number of carbonyl (C=O) groups excluding carboxylic acids is 3. The van der Waals surface area contributed by atoms with Crippen LogP contribution in [0.2, 0.25) is 0 Å². The third kappa shape index (κ3) is 46.2. The first kappa shape index (κ1) is 57.1. The summed E-state index contributed by atoms with van der Waals surface area (Å²) in [4.78, 5) is 37.9. The van der Waals surface area contributed by atoms with E-state index in [9.17, 15) is 14.4 Å². The Labute approximate surface area is 370 Å². The Balaban J connectivity index is 4.39. The second kappa shape index (κ2) is 48.8. The van der Waals surface area contributed by atoms with E-state index in [-0.39, 0.29) is 31.1 Å². The molecule has 0 aliphatic rings. The van der Waals surface area contributed by atoms with Crippen molar-refractivity contribution in [1.82, 2.24) is 0 Å². The van der Waals surface area contributed by atoms with Gasteiger partial charge in [0.15, 0.2) is 6.10 Å². The van der Waals surface area contributed by atoms with E-state index in [4.69, 9.17) is 14.2 Å². The molecule has 0 amide bonds. The van der Waals surface area contributed by atoms with E-state index in [0.29, 0.717) is 19.3 Å². The van der Waals surface area contributed by atoms with Gasteiger partial charge in [0.05, 0.1) is 0 Å². The molecule has 0 saturated carbocycles. The van der Waals surface area contributed by atoms with Crippen molar-refractivity contribution in [2.45, 2.75) is 252 Å². The fraction of sp³-hybridized carbons (Fsp3) is 0.759. The predicted molar refractivity (Wildman–Crippen MR) is 256 cm³/mol. The van der Waals surface area contributed by atoms with Crippen LogP contribution in [0.15, 0.2) is 60.8 Å². The predicted octanol–water partition coefficient (Wildman–Crippen LogP) is 16.5. The van der Waals surface area contributed by atoms with Crippen LogP contribution in [0.5, 0.6) is 0 Å². The molecule has 6 heteroatoms. The minimum absolute atomic E-state index is 0.0874. The van der Waals surface area contributed by atoms with E-state index >= 15 is 0 Å². The molecule has 0 aromatic heterocycles. The molecule has 0 aliphatic heterocycles. The van der Waals surface area contributed by atoms with Crippen molar-refractivity contribution < 1.29 is 28.6 Å². The maximum atomic E-state index is 12.8. The minimum Gasteiger partial charge on any atom is -0.462 e. The number of unbranched alkanes of at least 4 members (excludes halogenated alkanes) is 26. The Morgan fingerprint density at radius 1 is 0.350 bits per heavy atom. The largest absolute Gasteiger partial charge is 0.462 e. The number of rotatable bonds is 45. The third-order valence-corrected chi connectivity index (χ3v) is 10.8. The molecule has 6 nitrogen and oxygen atoms in total. The van der Waals surface area contributed by atoms with Crippen LogP contribution in [-0.2, 0) is 28.6 Å². The van der Waals surface area contributed by atoms with Gasteiger partial charge in [-0.3, -0.25) is 14.4 Å². The van der Waals surface area contributed by atoms with Crippen LogP contribution in [-0.4, -0.2) is 37.2 Å². The SMILES string of the molecule is CC\C=C/C=C\C=C/CCCCCCCC(=O)OC(COC(=O)CCCCCCC/C=C\CCCCC)COC(=O)CCCCCCCCC/C=C\CCCCCCCC. The Kier molecular flexibility index (Phi) is 46.4. The fourth-order valence-corrected chi connectivity index (χ4v) is 6.96. The molecule has 0 saturated heterocycles. The average molecular weight is 839 g/mol. The van der Waals surface area contributed by atoms with Gasteiger partial charge in [-0.1, -0.05) is 197 Å². The molecule has 0 spiro atoms. The molecule has 0 fully saturated rings. The highest BCUT2D eigenvalue weighted by Gasteiger charge is 2.19. The molecule has 0 radical (unpaired) electrons. The van der Waals surface area contributed by atoms with Gasteiger partial charge in [-0.25, -0.2) is 0 Å². The van der Waals surface area contributed by atoms with Gasteiger partial charge >= 0.3 is 17.9 Å². The maximum Gasteiger partial charge on any atom is 0.306 e. The van der Waals surface area contributed by atoms with Crippen molar-refractivity contribution >= 4 is 17.9 Å². The summed E-state index contributed by atoms with van der Waals surface area (Å²) in [5, 5.41) is 0. The van der Waals surface area contributed by atoms with Crippen LogP contribution in [0.4, 0.5) is 0 Å². The van der Waals surface area contributed by atoms with Crippen molar-refractivity contribution in [3.05, 3.63) is 60.8 Å². The van der Waals surface area contributed by atoms with Crippen LogP contribution in [0, 0.1) is 0 Å². The maximum absolute atomic E-state index is 12.8. The van der Waals surface area contributed by atoms with Crippen molar-refractivity contribution in [3.63, 3.8) is 0 Å². The zero-order valence-electron chi connectivity index (χ0n) is 39.5. The monoisotopic (exact) mass is 839 g/mol. The van der Waals surface area contributed by atoms with Crippen molar-refractivity contribution in [2.75, 3.05) is 13.2 Å². The molecule has 60 heavy (non-hydrogen) atoms. The molecule has 0 aromatic rings. The van der Waals surface area contributed by atoms with Crippen molar-refractivity contribution in [1.29, 1.82) is 0 Å². The zero-order valence-corrected chi connectivity index (χ0v) is 39.5. The number of carbonyl (C=O) groups is 3. The van der Waals surface area contributed by atoms with Crippen LogP contribution in [0.25, 0.3) is 0 Å². The highest BCUT2D eigenvalue weighted by molar-refractivity contribution is 5.71. The lowest BCUT2D eigenvalue weighted by Crippen LogP contribution is -2.30. The first-order valence-electron chi connectivity index (χ1n) is 25.3. The summed E-state index contributed by atoms with van der Waals surface area (Å²) in [6.45, 7) is 6.45. The molecule has 346 valence electrons. The van der Waals surface area contributed by atoms with Crippen LogP contribution in [0.1, 0.15) is 245 Å². The first-order valence-corrected chi connectivity index (χ1v) is 25.3. The topological polar surface area (TPSA) is 78.9 Å². The Morgan fingerprint density at radius 3 is 1.08 bits per heavy atom. The molecule has 0 aliphatic carbocycles. The quantitative estimate of drug-likeness (QED) is 0.0200. The molecule has 1 atom stereocenters. The number of hydrogen-bond donors (Lipinski definition) is 0. The molecule has 0 aromatic carbocycles. The summed E-state index contributed by atoms with van der Waals surface area (Å²) in [6, 6.07) is 0. The highest BCUT2D eigenvalue weighted by Crippen LogP contribution is 2.14. The molecule has 0 N–H and O–H groups in total. The molecular formula is C54H94O6. The fourth-order valence-electron chi connectivity index (χ4n) is 6.96. The van der Waals surface area contributed by atoms with Crippen LogP contribution >= 0.6 is 0 Å². The summed E-state index contributed by atoms with van der Waals surface area (Å²) >= 11 is 0. The van der Waals surface area contributed by atoms with E-state index in [1.165, 1.54) is 116 Å². The van der Waals surface area contributed by atoms with Gasteiger partial charge in [-0.05, 0) is 89.9 Å². The molecule has 0 heterocycles. The van der Waals surface area contributed by atoms with Crippen LogP contribution < -0.4 is 0 Å². The van der Waals surface area contributed by atoms with Gasteiger partial charge in [0.25, 0.3) is 0 Å². The van der Waals surface area contributed by atoms with Crippen LogP contribution in [0.3, 0.4) is 0 Å². The van der Waals surface area contributed by atoms with Gasteiger partial charge in [-0.2, -0.15) is 0 Å². The number of allylic oxidation sites excluding steroid dienone is 10. The third-order valence-electron chi connectivity index (χ3n) is 10.8. The number of hydrogen-bond acceptors (Lipinski definition) is 6. The van der Waals surface area contributed by atoms with Gasteiger partial charge < -0.3 is 14.2 Å². The molecule has 1 unspecified atom stereocenters. The number of esters is 3. The summed E-state index contributed by atoms with van der Waals surface area (Å²) in [6.07, 6.45) is 59.2. The normalized spacial score (nSPS) is 12.5. The first-order chi connectivity index (χ1) is 29.5. The van der Waals surface area contributed by atoms with Gasteiger partial charge in [0, 0.05) is 19.3 Å². The van der Waals surface area contributed by atoms with E-state index in [1.54, 1.807) is 0 Å². The molecule has 0 rings (SSSR count). The zero-order chi connectivity index (χ0) is 43.7. The second-order valence-corrected chi connectivity index (χ2v) is 16.7. The number of ether oxygens (including phenoxy) is 3. The lowest BCUT2D eigenvalue weighted by Gasteiger charge is -2.18. The van der Waals surface area contributed by atoms with Crippen molar-refractivity contribution in [3.8, 4) is 0 Å². The van der Waals surface area contributed by atoms with Gasteiger partial charge in [0.1, 0.15) is 13.2 Å². The minimum atomic E-state index is -0.788. The van der Waals surface area contributed by atoms with Crippen molar-refractivity contribution in [2.24, 2.45) is 0 Å². The second-order valence-electron chi connectivity index (χ2n) is 16.7. The highest BCUT2D eigenvalue weighted by atomic mass is 16.6. The van der Waals surface area contributed by atoms with E-state index in [2.05, 4.69) is 81.5 Å². The summed E-state index contributed by atoms with van der Waals surface area (Å²) < 4.78 is 16.7. The van der Waals surface area contributed by atoms with E-state index in [0.717, 1.165) is 89.9 Å². The average Bonchev–Trinajstić information content (AvgIpc) is 3.24. The summed E-state index contributed by atoms with van der Waals surface area (Å²) in [7, 11) is 0. The molecular weight excluding hydrogens is 745 g/mol. The smallest absolute Gasteiger partial charge is 0.306 e. The Hall–Kier alpha value is -2.89. The lowest BCUT2D eigenvalue weighted by molar-refractivity contribution is -0.167. The lowest BCUT2D eigenvalue weighted by atomic mass is 10.1. The Morgan fingerprint density at radius 2 is 0.667 bits per heavy atom. The summed E-state index contributed by atoms with van der Waals surface area (Å²) in [5.74, 6) is -0.920. The molecule has 0 bridgehead atoms. The standard InChI is InChI=1S/C54H94O6/c1-4-7-10-13-16-19-22-25-26-27-28-30-32-35-38-41-44-47-53(56)59-50-51(49-58-52(55)46-43-40-37-34-31-24-21-18-15-12-9-6-3)60-54(57)48-45-42-39-36-33-29-23-20-17-14-11-8-5-2/h8,11,14,17-18,20-21,23,25-26,51H,4-7,9-10,12-13,15-16,19,22,24,27-50H2,1-3H3/b11-8-,17-14-,21-18-,23-20-,26-25-. The van der Waals surface area contributed by atoms with Gasteiger partial charge in [-0.15, -0.1) is 0 Å². The van der Waals surface area contributed by atoms with E-state index in [1.807, 2.05) is 0 Å². The summed E-state index contributed by atoms with van der Waals surface area (Å²) in [5.41, 5.74) is 0. The Bertz CT molecular complexity index is 1100. The van der Waals surface area contributed by atoms with E-state index < -0.39 is 6.10 Å².